The van der Waals surface area contributed by atoms with Crippen LogP contribution in [0.1, 0.15) is 24.0 Å². The first kappa shape index (κ1) is 15.0. The summed E-state index contributed by atoms with van der Waals surface area (Å²) in [5, 5.41) is 8.62. The maximum Gasteiger partial charge on any atom is 0.128 e. The van der Waals surface area contributed by atoms with Gasteiger partial charge in [-0.1, -0.05) is 17.9 Å². The van der Waals surface area contributed by atoms with Gasteiger partial charge < -0.3 is 9.84 Å². The average Bonchev–Trinajstić information content (AvgIpc) is 2.92. The fourth-order valence-corrected chi connectivity index (χ4v) is 2.39. The number of nitrogens with zero attached hydrogens (tertiary/aromatic N) is 1. The molecule has 0 spiro atoms. The summed E-state index contributed by atoms with van der Waals surface area (Å²) in [6, 6.07) is 4.95. The third-order valence-electron chi connectivity index (χ3n) is 3.34. The molecule has 1 saturated heterocycles. The molecule has 1 N–H and O–H groups in total. The van der Waals surface area contributed by atoms with Crippen molar-refractivity contribution in [3.05, 3.63) is 35.1 Å². The molecule has 0 aromatic heterocycles. The van der Waals surface area contributed by atoms with Crippen molar-refractivity contribution in [3.8, 4) is 11.8 Å². The molecule has 1 heterocycles. The van der Waals surface area contributed by atoms with Crippen LogP contribution in [0.25, 0.3) is 0 Å². The van der Waals surface area contributed by atoms with Gasteiger partial charge in [0.1, 0.15) is 12.4 Å². The zero-order valence-electron chi connectivity index (χ0n) is 11.7. The van der Waals surface area contributed by atoms with Crippen LogP contribution in [-0.4, -0.2) is 42.9 Å². The Morgan fingerprint density at radius 3 is 3.00 bits per heavy atom. The van der Waals surface area contributed by atoms with Crippen LogP contribution in [0.4, 0.5) is 4.39 Å². The predicted molar refractivity (Wildman–Crippen MR) is 75.7 cm³/mol. The van der Waals surface area contributed by atoms with Crippen LogP contribution in [0.2, 0.25) is 0 Å². The highest BCUT2D eigenvalue weighted by Gasteiger charge is 2.17. The second-order valence-electron chi connectivity index (χ2n) is 5.10. The minimum atomic E-state index is -0.256. The lowest BCUT2D eigenvalue weighted by molar-refractivity contribution is 0.0790. The predicted octanol–water partition coefficient (Wildman–Crippen LogP) is 1.78. The summed E-state index contributed by atoms with van der Waals surface area (Å²) in [6.45, 7) is 2.00. The summed E-state index contributed by atoms with van der Waals surface area (Å²) in [7, 11) is 1.97. The molecular weight excluding hydrogens is 257 g/mol. The van der Waals surface area contributed by atoms with E-state index in [0.717, 1.165) is 26.0 Å². The fraction of sp³-hybridized carbons (Fsp3) is 0.500. The van der Waals surface area contributed by atoms with E-state index in [9.17, 15) is 4.39 Å². The van der Waals surface area contributed by atoms with Crippen LogP contribution in [-0.2, 0) is 11.3 Å². The number of ether oxygens (including phenoxy) is 1. The maximum atomic E-state index is 14.0. The van der Waals surface area contributed by atoms with Gasteiger partial charge in [-0.25, -0.2) is 4.39 Å². The Labute approximate surface area is 119 Å². The first-order valence-corrected chi connectivity index (χ1v) is 6.87. The molecule has 1 atom stereocenters. The van der Waals surface area contributed by atoms with Crippen LogP contribution in [0.15, 0.2) is 18.2 Å². The van der Waals surface area contributed by atoms with E-state index in [1.807, 2.05) is 7.05 Å². The number of aliphatic hydroxyl groups is 1. The molecule has 3 nitrogen and oxygen atoms in total. The van der Waals surface area contributed by atoms with Gasteiger partial charge in [-0.05, 0) is 32.0 Å². The molecule has 108 valence electrons. The van der Waals surface area contributed by atoms with Crippen LogP contribution < -0.4 is 0 Å². The van der Waals surface area contributed by atoms with Crippen molar-refractivity contribution in [1.82, 2.24) is 4.90 Å². The van der Waals surface area contributed by atoms with E-state index in [4.69, 9.17) is 9.84 Å². The first-order valence-electron chi connectivity index (χ1n) is 6.87. The smallest absolute Gasteiger partial charge is 0.128 e. The molecule has 2 rings (SSSR count). The topological polar surface area (TPSA) is 32.7 Å². The molecule has 1 aliphatic heterocycles. The molecular formula is C16H20FNO2. The summed E-state index contributed by atoms with van der Waals surface area (Å²) in [5.74, 6) is 4.96. The number of aliphatic hydroxyl groups excluding tert-OH is 1. The van der Waals surface area contributed by atoms with Gasteiger partial charge in [0.15, 0.2) is 0 Å². The zero-order valence-corrected chi connectivity index (χ0v) is 11.7. The summed E-state index contributed by atoms with van der Waals surface area (Å²) in [4.78, 5) is 2.08. The number of benzene rings is 1. The van der Waals surface area contributed by atoms with E-state index in [0.29, 0.717) is 17.7 Å². The monoisotopic (exact) mass is 277 g/mol. The van der Waals surface area contributed by atoms with Crippen molar-refractivity contribution in [2.75, 3.05) is 26.8 Å². The van der Waals surface area contributed by atoms with Crippen molar-refractivity contribution in [1.29, 1.82) is 0 Å². The summed E-state index contributed by atoms with van der Waals surface area (Å²) in [5.41, 5.74) is 1.24. The Kier molecular flexibility index (Phi) is 5.54. The highest BCUT2D eigenvalue weighted by molar-refractivity contribution is 5.37. The lowest BCUT2D eigenvalue weighted by atomic mass is 10.1. The van der Waals surface area contributed by atoms with E-state index < -0.39 is 0 Å². The van der Waals surface area contributed by atoms with Crippen LogP contribution >= 0.6 is 0 Å². The van der Waals surface area contributed by atoms with Gasteiger partial charge in [-0.15, -0.1) is 0 Å². The lowest BCUT2D eigenvalue weighted by Gasteiger charge is -2.20. The Morgan fingerprint density at radius 2 is 2.35 bits per heavy atom. The molecule has 1 fully saturated rings. The Bertz CT molecular complexity index is 501. The Morgan fingerprint density at radius 1 is 1.50 bits per heavy atom. The van der Waals surface area contributed by atoms with Crippen LogP contribution in [0.5, 0.6) is 0 Å². The van der Waals surface area contributed by atoms with Crippen LogP contribution in [0.3, 0.4) is 0 Å². The van der Waals surface area contributed by atoms with Crippen LogP contribution in [0, 0.1) is 17.7 Å². The lowest BCUT2D eigenvalue weighted by Crippen LogP contribution is -2.28. The van der Waals surface area contributed by atoms with Gasteiger partial charge in [0.05, 0.1) is 6.10 Å². The molecule has 1 aromatic carbocycles. The second-order valence-corrected chi connectivity index (χ2v) is 5.10. The van der Waals surface area contributed by atoms with Crippen molar-refractivity contribution in [2.24, 2.45) is 0 Å². The molecule has 20 heavy (non-hydrogen) atoms. The number of hydrogen-bond donors (Lipinski definition) is 1. The molecule has 1 aliphatic rings. The molecule has 0 saturated carbocycles. The molecule has 1 aromatic rings. The van der Waals surface area contributed by atoms with E-state index in [1.54, 1.807) is 12.1 Å². The first-order chi connectivity index (χ1) is 9.69. The zero-order chi connectivity index (χ0) is 14.4. The molecule has 0 aliphatic carbocycles. The normalized spacial score (nSPS) is 18.1. The third-order valence-corrected chi connectivity index (χ3v) is 3.34. The fourth-order valence-electron chi connectivity index (χ4n) is 2.39. The van der Waals surface area contributed by atoms with Gasteiger partial charge in [0.2, 0.25) is 0 Å². The SMILES string of the molecule is CN(Cc1ccc(C#CCO)cc1F)CC1CCCO1. The standard InChI is InChI=1S/C16H20FNO2/c1-18(12-15-5-3-9-20-15)11-14-7-6-13(4-2-8-19)10-16(14)17/h6-7,10,15,19H,3,5,8-9,11-12H2,1H3. The molecule has 4 heteroatoms. The van der Waals surface area contributed by atoms with Gasteiger partial charge in [-0.2, -0.15) is 0 Å². The number of hydrogen-bond acceptors (Lipinski definition) is 3. The minimum absolute atomic E-state index is 0.215. The largest absolute Gasteiger partial charge is 0.384 e. The average molecular weight is 277 g/mol. The molecule has 0 radical (unpaired) electrons. The highest BCUT2D eigenvalue weighted by Crippen LogP contribution is 2.16. The summed E-state index contributed by atoms with van der Waals surface area (Å²) < 4.78 is 19.5. The molecule has 0 bridgehead atoms. The number of rotatable bonds is 4. The molecule has 0 amide bonds. The summed E-state index contributed by atoms with van der Waals surface area (Å²) in [6.07, 6.45) is 2.48. The van der Waals surface area contributed by atoms with E-state index in [2.05, 4.69) is 16.7 Å². The van der Waals surface area contributed by atoms with E-state index in [-0.39, 0.29) is 18.5 Å². The van der Waals surface area contributed by atoms with Gasteiger partial charge in [0.25, 0.3) is 0 Å². The van der Waals surface area contributed by atoms with Crippen molar-refractivity contribution in [3.63, 3.8) is 0 Å². The number of likely N-dealkylation sites (N-methyl/N-ethyl adjacent to an activating group) is 1. The quantitative estimate of drug-likeness (QED) is 0.852. The minimum Gasteiger partial charge on any atom is -0.384 e. The van der Waals surface area contributed by atoms with Crippen molar-refractivity contribution in [2.45, 2.75) is 25.5 Å². The Hall–Kier alpha value is -1.41. The maximum absolute atomic E-state index is 14.0. The van der Waals surface area contributed by atoms with Gasteiger partial charge in [-0.3, -0.25) is 4.90 Å². The number of halogens is 1. The van der Waals surface area contributed by atoms with E-state index >= 15 is 0 Å². The highest BCUT2D eigenvalue weighted by atomic mass is 19.1. The van der Waals surface area contributed by atoms with E-state index in [1.165, 1.54) is 6.07 Å². The van der Waals surface area contributed by atoms with Crippen molar-refractivity contribution >= 4 is 0 Å². The third kappa shape index (κ3) is 4.31. The second kappa shape index (κ2) is 7.39. The van der Waals surface area contributed by atoms with Gasteiger partial charge in [0, 0.05) is 30.8 Å². The molecule has 1 unspecified atom stereocenters. The van der Waals surface area contributed by atoms with Gasteiger partial charge >= 0.3 is 0 Å². The Balaban J connectivity index is 1.94. The van der Waals surface area contributed by atoms with Crippen molar-refractivity contribution < 1.29 is 14.2 Å². The summed E-state index contributed by atoms with van der Waals surface area (Å²) >= 11 is 0.